The summed E-state index contributed by atoms with van der Waals surface area (Å²) in [5.41, 5.74) is 0.678. The number of nitrogens with one attached hydrogen (secondary N) is 1. The molecule has 0 unspecified atom stereocenters. The zero-order chi connectivity index (χ0) is 15.4. The smallest absolute Gasteiger partial charge is 0.335 e. The predicted octanol–water partition coefficient (Wildman–Crippen LogP) is 2.50. The molecule has 1 N–H and O–H groups in total. The van der Waals surface area contributed by atoms with Crippen molar-refractivity contribution in [2.45, 2.75) is 18.9 Å². The van der Waals surface area contributed by atoms with Crippen molar-refractivity contribution in [3.63, 3.8) is 0 Å². The molecule has 1 aliphatic heterocycles. The summed E-state index contributed by atoms with van der Waals surface area (Å²) in [6.07, 6.45) is 0.988. The Morgan fingerprint density at radius 2 is 2.00 bits per heavy atom. The van der Waals surface area contributed by atoms with Crippen LogP contribution in [0.4, 0.5) is 5.69 Å². The van der Waals surface area contributed by atoms with Crippen molar-refractivity contribution in [1.29, 1.82) is 0 Å². The molecule has 2 aromatic carbocycles. The maximum Gasteiger partial charge on any atom is 0.335 e. The molecule has 2 aromatic rings. The first-order valence-electron chi connectivity index (χ1n) is 7.29. The van der Waals surface area contributed by atoms with Crippen molar-refractivity contribution < 1.29 is 19.1 Å². The molecular weight excluding hydrogens is 282 g/mol. The standard InChI is InChI=1S/C17H17NO4/c19-16(11-22-17(20)15-6-3-9-21-15)18-14-8-7-12-4-1-2-5-13(12)10-14/h1-2,4-5,7-8,10,15H,3,6,9,11H2,(H,18,19)/t15-/m0/s1. The van der Waals surface area contributed by atoms with Gasteiger partial charge in [0.2, 0.25) is 0 Å². The second-order valence-corrected chi connectivity index (χ2v) is 5.22. The van der Waals surface area contributed by atoms with Crippen molar-refractivity contribution in [2.75, 3.05) is 18.5 Å². The van der Waals surface area contributed by atoms with E-state index in [0.717, 1.165) is 17.2 Å². The van der Waals surface area contributed by atoms with E-state index < -0.39 is 12.1 Å². The molecular formula is C17H17NO4. The van der Waals surface area contributed by atoms with Crippen LogP contribution >= 0.6 is 0 Å². The Morgan fingerprint density at radius 3 is 2.77 bits per heavy atom. The van der Waals surface area contributed by atoms with Crippen LogP contribution < -0.4 is 5.32 Å². The maximum atomic E-state index is 11.8. The quantitative estimate of drug-likeness (QED) is 0.881. The number of esters is 1. The minimum absolute atomic E-state index is 0.300. The van der Waals surface area contributed by atoms with Gasteiger partial charge in [-0.05, 0) is 35.7 Å². The van der Waals surface area contributed by atoms with Crippen LogP contribution in [0.15, 0.2) is 42.5 Å². The first-order chi connectivity index (χ1) is 10.7. The Hall–Kier alpha value is -2.40. The van der Waals surface area contributed by atoms with Gasteiger partial charge >= 0.3 is 5.97 Å². The first-order valence-corrected chi connectivity index (χ1v) is 7.29. The highest BCUT2D eigenvalue weighted by Crippen LogP contribution is 2.19. The number of ether oxygens (including phenoxy) is 2. The van der Waals surface area contributed by atoms with Crippen molar-refractivity contribution in [3.05, 3.63) is 42.5 Å². The fourth-order valence-corrected chi connectivity index (χ4v) is 2.46. The normalized spacial score (nSPS) is 17.4. The van der Waals surface area contributed by atoms with Crippen LogP contribution in [-0.2, 0) is 19.1 Å². The van der Waals surface area contributed by atoms with Gasteiger partial charge in [0.15, 0.2) is 12.7 Å². The summed E-state index contributed by atoms with van der Waals surface area (Å²) in [7, 11) is 0. The third-order valence-electron chi connectivity index (χ3n) is 3.57. The van der Waals surface area contributed by atoms with Gasteiger partial charge in [0.05, 0.1) is 0 Å². The predicted molar refractivity (Wildman–Crippen MR) is 82.5 cm³/mol. The highest BCUT2D eigenvalue weighted by Gasteiger charge is 2.25. The van der Waals surface area contributed by atoms with Crippen molar-refractivity contribution >= 4 is 28.3 Å². The SMILES string of the molecule is O=C(COC(=O)[C@@H]1CCCO1)Nc1ccc2ccccc2c1. The van der Waals surface area contributed by atoms with E-state index in [1.54, 1.807) is 0 Å². The first kappa shape index (κ1) is 14.5. The number of anilines is 1. The Morgan fingerprint density at radius 1 is 1.18 bits per heavy atom. The number of hydrogen-bond donors (Lipinski definition) is 1. The second-order valence-electron chi connectivity index (χ2n) is 5.22. The van der Waals surface area contributed by atoms with Crippen molar-refractivity contribution in [1.82, 2.24) is 0 Å². The zero-order valence-corrected chi connectivity index (χ0v) is 12.1. The number of hydrogen-bond acceptors (Lipinski definition) is 4. The van der Waals surface area contributed by atoms with E-state index in [2.05, 4.69) is 5.32 Å². The van der Waals surface area contributed by atoms with Gasteiger partial charge in [-0.25, -0.2) is 4.79 Å². The van der Waals surface area contributed by atoms with E-state index in [0.29, 0.717) is 18.7 Å². The molecule has 1 heterocycles. The summed E-state index contributed by atoms with van der Waals surface area (Å²) in [6.45, 7) is 0.272. The largest absolute Gasteiger partial charge is 0.454 e. The fraction of sp³-hybridized carbons (Fsp3) is 0.294. The molecule has 0 aromatic heterocycles. The third-order valence-corrected chi connectivity index (χ3v) is 3.57. The number of benzene rings is 2. The molecule has 114 valence electrons. The lowest BCUT2D eigenvalue weighted by Crippen LogP contribution is -2.27. The summed E-state index contributed by atoms with van der Waals surface area (Å²) < 4.78 is 10.2. The summed E-state index contributed by atoms with van der Waals surface area (Å²) in [4.78, 5) is 23.5. The molecule has 1 fully saturated rings. The molecule has 0 aliphatic carbocycles. The molecule has 1 aliphatic rings. The molecule has 0 bridgehead atoms. The number of carbonyl (C=O) groups excluding carboxylic acids is 2. The summed E-state index contributed by atoms with van der Waals surface area (Å²) in [5.74, 6) is -0.826. The Balaban J connectivity index is 1.55. The van der Waals surface area contributed by atoms with Gasteiger partial charge in [-0.2, -0.15) is 0 Å². The summed E-state index contributed by atoms with van der Waals surface area (Å²) in [5, 5.41) is 4.86. The van der Waals surface area contributed by atoms with Crippen molar-refractivity contribution in [2.24, 2.45) is 0 Å². The molecule has 1 amide bonds. The topological polar surface area (TPSA) is 64.6 Å². The number of rotatable bonds is 4. The molecule has 5 heteroatoms. The molecule has 0 spiro atoms. The number of amides is 1. The minimum Gasteiger partial charge on any atom is -0.454 e. The average molecular weight is 299 g/mol. The lowest BCUT2D eigenvalue weighted by molar-refractivity contribution is -0.156. The van der Waals surface area contributed by atoms with Crippen LogP contribution in [0.5, 0.6) is 0 Å². The van der Waals surface area contributed by atoms with Gasteiger partial charge in [-0.15, -0.1) is 0 Å². The monoisotopic (exact) mass is 299 g/mol. The lowest BCUT2D eigenvalue weighted by atomic mass is 10.1. The molecule has 1 saturated heterocycles. The molecule has 0 saturated carbocycles. The third kappa shape index (κ3) is 3.43. The van der Waals surface area contributed by atoms with Crippen LogP contribution in [0.25, 0.3) is 10.8 Å². The minimum atomic E-state index is -0.520. The van der Waals surface area contributed by atoms with Crippen LogP contribution in [0.3, 0.4) is 0 Å². The zero-order valence-electron chi connectivity index (χ0n) is 12.1. The van der Waals surface area contributed by atoms with E-state index >= 15 is 0 Å². The highest BCUT2D eigenvalue weighted by molar-refractivity contribution is 5.95. The molecule has 5 nitrogen and oxygen atoms in total. The Labute approximate surface area is 128 Å². The van der Waals surface area contributed by atoms with Gasteiger partial charge in [-0.3, -0.25) is 4.79 Å². The van der Waals surface area contributed by atoms with Crippen LogP contribution in [0.1, 0.15) is 12.8 Å². The summed E-state index contributed by atoms with van der Waals surface area (Å²) in [6, 6.07) is 13.5. The fourth-order valence-electron chi connectivity index (χ4n) is 2.46. The number of fused-ring (bicyclic) bond motifs is 1. The van der Waals surface area contributed by atoms with Crippen LogP contribution in [-0.4, -0.2) is 31.2 Å². The van der Waals surface area contributed by atoms with Crippen molar-refractivity contribution in [3.8, 4) is 0 Å². The molecule has 0 radical (unpaired) electrons. The average Bonchev–Trinajstić information content (AvgIpc) is 3.07. The van der Waals surface area contributed by atoms with Gasteiger partial charge < -0.3 is 14.8 Å². The Kier molecular flexibility index (Phi) is 4.34. The summed E-state index contributed by atoms with van der Waals surface area (Å²) >= 11 is 0. The Bertz CT molecular complexity index is 692. The molecule has 3 rings (SSSR count). The van der Waals surface area contributed by atoms with E-state index in [1.165, 1.54) is 0 Å². The molecule has 1 atom stereocenters. The van der Waals surface area contributed by atoms with Gasteiger partial charge in [0, 0.05) is 12.3 Å². The van der Waals surface area contributed by atoms with Gasteiger partial charge in [0.25, 0.3) is 5.91 Å². The number of carbonyl (C=O) groups is 2. The molecule has 22 heavy (non-hydrogen) atoms. The van der Waals surface area contributed by atoms with Gasteiger partial charge in [0.1, 0.15) is 0 Å². The van der Waals surface area contributed by atoms with E-state index in [4.69, 9.17) is 9.47 Å². The van der Waals surface area contributed by atoms with Crippen LogP contribution in [0, 0.1) is 0 Å². The lowest BCUT2D eigenvalue weighted by Gasteiger charge is -2.10. The van der Waals surface area contributed by atoms with E-state index in [1.807, 2.05) is 42.5 Å². The van der Waals surface area contributed by atoms with Crippen LogP contribution in [0.2, 0.25) is 0 Å². The van der Waals surface area contributed by atoms with E-state index in [9.17, 15) is 9.59 Å². The van der Waals surface area contributed by atoms with Gasteiger partial charge in [-0.1, -0.05) is 30.3 Å². The highest BCUT2D eigenvalue weighted by atomic mass is 16.6. The second kappa shape index (κ2) is 6.58. The van der Waals surface area contributed by atoms with E-state index in [-0.39, 0.29) is 12.5 Å². The maximum absolute atomic E-state index is 11.8.